The summed E-state index contributed by atoms with van der Waals surface area (Å²) in [6.45, 7) is 17.2. The second-order valence-corrected chi connectivity index (χ2v) is 27.4. The van der Waals surface area contributed by atoms with Crippen LogP contribution in [0.3, 0.4) is 0 Å². The Kier molecular flexibility index (Phi) is 12.3. The van der Waals surface area contributed by atoms with Crippen LogP contribution < -0.4 is 4.89 Å². The molecular formula is C14H34O6PS2Si4. The molecule has 0 bridgehead atoms. The van der Waals surface area contributed by atoms with Crippen molar-refractivity contribution in [2.75, 3.05) is 12.8 Å². The van der Waals surface area contributed by atoms with Crippen LogP contribution in [0.25, 0.3) is 0 Å². The van der Waals surface area contributed by atoms with Gasteiger partial charge in [-0.3, -0.25) is 4.79 Å². The summed E-state index contributed by atoms with van der Waals surface area (Å²) in [4.78, 5) is 23.7. The van der Waals surface area contributed by atoms with Gasteiger partial charge in [-0.1, -0.05) is 6.92 Å². The lowest BCUT2D eigenvalue weighted by Gasteiger charge is -2.37. The van der Waals surface area contributed by atoms with Crippen molar-refractivity contribution in [2.45, 2.75) is 65.3 Å². The molecule has 0 aromatic heterocycles. The van der Waals surface area contributed by atoms with Gasteiger partial charge in [0.05, 0.1) is 5.92 Å². The fourth-order valence-corrected chi connectivity index (χ4v) is 18.1. The zero-order chi connectivity index (χ0) is 21.5. The van der Waals surface area contributed by atoms with Crippen LogP contribution in [0.4, 0.5) is 0 Å². The normalized spacial score (nSPS) is 16.6. The van der Waals surface area contributed by atoms with Crippen molar-refractivity contribution in [3.05, 3.63) is 0 Å². The molecule has 0 aromatic rings. The number of esters is 1. The van der Waals surface area contributed by atoms with Gasteiger partial charge >= 0.3 is 23.8 Å². The monoisotopic (exact) mass is 505 g/mol. The van der Waals surface area contributed by atoms with E-state index in [-0.39, 0.29) is 24.7 Å². The Morgan fingerprint density at radius 1 is 1.15 bits per heavy atom. The molecule has 0 heterocycles. The molecule has 6 nitrogen and oxygen atoms in total. The summed E-state index contributed by atoms with van der Waals surface area (Å²) in [6.07, 6.45) is 0.282. The average Bonchev–Trinajstić information content (AvgIpc) is 2.41. The van der Waals surface area contributed by atoms with E-state index in [0.717, 1.165) is 9.50 Å². The van der Waals surface area contributed by atoms with Crippen molar-refractivity contribution in [2.24, 2.45) is 5.92 Å². The maximum atomic E-state index is 12.3. The van der Waals surface area contributed by atoms with Crippen LogP contribution in [-0.4, -0.2) is 53.2 Å². The van der Waals surface area contributed by atoms with E-state index in [0.29, 0.717) is 6.04 Å². The molecule has 1 radical (unpaired) electrons. The Morgan fingerprint density at radius 2 is 1.70 bits per heavy atom. The van der Waals surface area contributed by atoms with E-state index >= 15 is 0 Å². The highest BCUT2D eigenvalue weighted by Gasteiger charge is 2.42. The van der Waals surface area contributed by atoms with Crippen molar-refractivity contribution >= 4 is 68.1 Å². The average molecular weight is 506 g/mol. The molecule has 0 fully saturated rings. The Bertz CT molecular complexity index is 551. The lowest BCUT2D eigenvalue weighted by atomic mass is 10.2. The Balaban J connectivity index is 5.02. The van der Waals surface area contributed by atoms with Crippen molar-refractivity contribution in [1.82, 2.24) is 0 Å². The fourth-order valence-electron chi connectivity index (χ4n) is 2.55. The summed E-state index contributed by atoms with van der Waals surface area (Å²) in [5.74, 6) is -0.668. The van der Waals surface area contributed by atoms with E-state index in [4.69, 9.17) is 17.1 Å². The SMILES string of the molecule is CC(C[Si](C)(O[Si](C)O[Si](C)(C)C)O[Si](C)(C)C)C(=O)OCC[P+]([O-])=S=S. The van der Waals surface area contributed by atoms with Gasteiger partial charge < -0.3 is 22.0 Å². The Labute approximate surface area is 178 Å². The van der Waals surface area contributed by atoms with E-state index in [1.54, 1.807) is 0 Å². The first-order valence-corrected chi connectivity index (χ1v) is 23.8. The van der Waals surface area contributed by atoms with E-state index < -0.39 is 41.4 Å². The molecule has 0 saturated heterocycles. The fraction of sp³-hybridized carbons (Fsp3) is 0.929. The van der Waals surface area contributed by atoms with Crippen molar-refractivity contribution in [1.29, 1.82) is 0 Å². The van der Waals surface area contributed by atoms with E-state index in [1.165, 1.54) is 0 Å². The first-order chi connectivity index (χ1) is 12.1. The first-order valence-electron chi connectivity index (χ1n) is 8.90. The third-order valence-electron chi connectivity index (χ3n) is 3.01. The Morgan fingerprint density at radius 3 is 2.15 bits per heavy atom. The summed E-state index contributed by atoms with van der Waals surface area (Å²) >= 11 is 4.67. The first kappa shape index (κ1) is 27.9. The number of hydrogen-bond donors (Lipinski definition) is 0. The van der Waals surface area contributed by atoms with Gasteiger partial charge in [0.2, 0.25) is 0 Å². The van der Waals surface area contributed by atoms with E-state index in [2.05, 4.69) is 50.5 Å². The molecule has 159 valence electrons. The van der Waals surface area contributed by atoms with Gasteiger partial charge in [0.25, 0.3) is 0 Å². The largest absolute Gasteiger partial charge is 0.620 e. The van der Waals surface area contributed by atoms with Crippen molar-refractivity contribution in [3.63, 3.8) is 0 Å². The number of carbonyl (C=O) groups excluding carboxylic acids is 1. The third-order valence-corrected chi connectivity index (χ3v) is 18.3. The van der Waals surface area contributed by atoms with Gasteiger partial charge in [0.15, 0.2) is 16.6 Å². The molecule has 3 unspecified atom stereocenters. The summed E-state index contributed by atoms with van der Waals surface area (Å²) in [6, 6.07) is 0.509. The van der Waals surface area contributed by atoms with Gasteiger partial charge in [-0.05, 0) is 52.4 Å². The van der Waals surface area contributed by atoms with Gasteiger partial charge in [0, 0.05) is 17.2 Å². The van der Waals surface area contributed by atoms with Gasteiger partial charge in [-0.15, -0.1) is 0 Å². The molecule has 0 amide bonds. The molecule has 0 N–H and O–H groups in total. The molecule has 3 atom stereocenters. The molecule has 0 spiro atoms. The predicted octanol–water partition coefficient (Wildman–Crippen LogP) is 3.29. The quantitative estimate of drug-likeness (QED) is 0.229. The number of carbonyl (C=O) groups is 1. The highest BCUT2D eigenvalue weighted by Crippen LogP contribution is 2.26. The minimum atomic E-state index is -2.62. The smallest absolute Gasteiger partial charge is 0.360 e. The topological polar surface area (TPSA) is 77.1 Å². The lowest BCUT2D eigenvalue weighted by molar-refractivity contribution is -0.154. The van der Waals surface area contributed by atoms with Gasteiger partial charge in [-0.25, -0.2) is 0 Å². The standard InChI is InChI=1S/C14H34O6PS2Si4/c1-13(14(15)17-10-11-21(16)23-22)12-27(9,20-26(6,7)8)19-24(2)18-25(3,4)5/h13H,10-12H2,1-9H3. The highest BCUT2D eigenvalue weighted by molar-refractivity contribution is 8.33. The summed E-state index contributed by atoms with van der Waals surface area (Å²) < 4.78 is 24.2. The number of rotatable bonds is 12. The third kappa shape index (κ3) is 14.5. The second kappa shape index (κ2) is 11.9. The molecule has 0 aliphatic rings. The van der Waals surface area contributed by atoms with E-state index in [1.807, 2.05) is 20.0 Å². The molecule has 0 aliphatic carbocycles. The second-order valence-electron chi connectivity index (χ2n) is 8.56. The summed E-state index contributed by atoms with van der Waals surface area (Å²) in [5.41, 5.74) is 0. The molecular weight excluding hydrogens is 472 g/mol. The lowest BCUT2D eigenvalue weighted by Crippen LogP contribution is -2.53. The van der Waals surface area contributed by atoms with Gasteiger partial charge in [0.1, 0.15) is 29.2 Å². The van der Waals surface area contributed by atoms with Crippen LogP contribution in [-0.2, 0) is 42.6 Å². The molecule has 13 heteroatoms. The maximum Gasteiger partial charge on any atom is 0.360 e. The summed E-state index contributed by atoms with van der Waals surface area (Å²) in [5, 5.41) is 0. The minimum Gasteiger partial charge on any atom is -0.620 e. The number of ether oxygens (including phenoxy) is 1. The zero-order valence-corrected chi connectivity index (χ0v) is 24.4. The maximum absolute atomic E-state index is 12.3. The molecule has 0 saturated carbocycles. The van der Waals surface area contributed by atoms with Crippen molar-refractivity contribution in [3.8, 4) is 0 Å². The van der Waals surface area contributed by atoms with Crippen molar-refractivity contribution < 1.29 is 26.8 Å². The van der Waals surface area contributed by atoms with Crippen LogP contribution in [0.1, 0.15) is 6.92 Å². The zero-order valence-electron chi connectivity index (χ0n) is 17.9. The predicted molar refractivity (Wildman–Crippen MR) is 125 cm³/mol. The van der Waals surface area contributed by atoms with Crippen LogP contribution in [0.15, 0.2) is 0 Å². The van der Waals surface area contributed by atoms with Crippen LogP contribution in [0.2, 0.25) is 58.4 Å². The molecule has 0 aromatic carbocycles. The molecule has 27 heavy (non-hydrogen) atoms. The number of hydrogen-bond acceptors (Lipinski definition) is 7. The Hall–Kier alpha value is 0.918. The van der Waals surface area contributed by atoms with Gasteiger partial charge in [-0.2, -0.15) is 0 Å². The van der Waals surface area contributed by atoms with E-state index in [9.17, 15) is 9.69 Å². The minimum absolute atomic E-state index is 0.123. The summed E-state index contributed by atoms with van der Waals surface area (Å²) in [7, 11) is -6.77. The van der Waals surface area contributed by atoms with Crippen LogP contribution in [0.5, 0.6) is 0 Å². The van der Waals surface area contributed by atoms with Crippen LogP contribution in [0, 0.1) is 5.92 Å². The van der Waals surface area contributed by atoms with Crippen LogP contribution >= 0.6 is 6.92 Å². The highest BCUT2D eigenvalue weighted by atomic mass is 32.9. The molecule has 0 aliphatic heterocycles. The molecule has 0 rings (SSSR count).